The first-order chi connectivity index (χ1) is 20.3. The molecule has 0 bridgehead atoms. The van der Waals surface area contributed by atoms with E-state index in [9.17, 15) is 14.4 Å². The molecule has 1 heterocycles. The van der Waals surface area contributed by atoms with Crippen molar-refractivity contribution in [1.82, 2.24) is 10.2 Å². The number of unbranched alkanes of at least 4 members (excludes halogenated alkanes) is 3. The molecule has 9 nitrogen and oxygen atoms in total. The van der Waals surface area contributed by atoms with Gasteiger partial charge < -0.3 is 26.2 Å². The summed E-state index contributed by atoms with van der Waals surface area (Å²) in [7, 11) is 1.00. The second-order valence-corrected chi connectivity index (χ2v) is 10.5. The maximum Gasteiger partial charge on any atom is 0.307 e. The average molecular weight is 609 g/mol. The summed E-state index contributed by atoms with van der Waals surface area (Å²) in [5.74, 6) is -0.956. The second-order valence-electron chi connectivity index (χ2n) is 9.56. The van der Waals surface area contributed by atoms with Crippen LogP contribution in [0.2, 0.25) is 0 Å². The molecule has 0 aromatic rings. The van der Waals surface area contributed by atoms with Crippen LogP contribution in [-0.4, -0.2) is 64.4 Å². The lowest BCUT2D eigenvalue weighted by Gasteiger charge is -2.22. The van der Waals surface area contributed by atoms with Crippen LogP contribution in [0.3, 0.4) is 0 Å². The van der Waals surface area contributed by atoms with Crippen LogP contribution in [0.4, 0.5) is 0 Å². The third-order valence-electron chi connectivity index (χ3n) is 6.29. The van der Waals surface area contributed by atoms with Gasteiger partial charge in [0.25, 0.3) is 0 Å². The largest absolute Gasteiger partial charge is 0.481 e. The molecule has 10 heteroatoms. The highest BCUT2D eigenvalue weighted by Crippen LogP contribution is 2.39. The highest BCUT2D eigenvalue weighted by Gasteiger charge is 2.40. The molecule has 3 aliphatic rings. The number of nitrogens with two attached hydrogens (primary N) is 2. The van der Waals surface area contributed by atoms with Gasteiger partial charge in [0.15, 0.2) is 0 Å². The Morgan fingerprint density at radius 2 is 1.76 bits per heavy atom. The van der Waals surface area contributed by atoms with Gasteiger partial charge in [0.1, 0.15) is 6.04 Å². The lowest BCUT2D eigenvalue weighted by atomic mass is 10.2. The van der Waals surface area contributed by atoms with E-state index in [0.29, 0.717) is 18.9 Å². The second kappa shape index (κ2) is 27.0. The Labute approximate surface area is 258 Å². The summed E-state index contributed by atoms with van der Waals surface area (Å²) < 4.78 is 0. The molecule has 1 saturated heterocycles. The van der Waals surface area contributed by atoms with Crippen molar-refractivity contribution in [2.45, 2.75) is 89.9 Å². The number of carbonyl (C=O) groups is 3. The van der Waals surface area contributed by atoms with Crippen LogP contribution in [-0.2, 0) is 14.4 Å². The number of hydrogen-bond donors (Lipinski definition) is 5. The molecule has 1 unspecified atom stereocenters. The molecule has 7 N–H and O–H groups in total. The molecule has 3 atom stereocenters. The van der Waals surface area contributed by atoms with Gasteiger partial charge in [-0.05, 0) is 63.0 Å². The van der Waals surface area contributed by atoms with Crippen LogP contribution >= 0.6 is 11.9 Å². The van der Waals surface area contributed by atoms with Crippen LogP contribution in [0, 0.1) is 11.8 Å². The van der Waals surface area contributed by atoms with E-state index in [-0.39, 0.29) is 18.4 Å². The average Bonchev–Trinajstić information content (AvgIpc) is 3.94. The number of carboxylic acids is 1. The number of likely N-dealkylation sites (tertiary alicyclic amines) is 1. The van der Waals surface area contributed by atoms with Crippen LogP contribution < -0.4 is 16.2 Å². The predicted octanol–water partition coefficient (Wildman–Crippen LogP) is 5.10. The van der Waals surface area contributed by atoms with E-state index in [1.54, 1.807) is 30.4 Å². The van der Waals surface area contributed by atoms with Crippen molar-refractivity contribution in [2.24, 2.45) is 22.7 Å². The summed E-state index contributed by atoms with van der Waals surface area (Å²) in [5.41, 5.74) is 6.05. The molecule has 0 aromatic heterocycles. The first-order valence-electron chi connectivity index (χ1n) is 14.9. The monoisotopic (exact) mass is 608 g/mol. The highest BCUT2D eigenvalue weighted by molar-refractivity contribution is 7.97. The van der Waals surface area contributed by atoms with E-state index in [4.69, 9.17) is 21.1 Å². The Balaban J connectivity index is 0. The quantitative estimate of drug-likeness (QED) is 0.0788. The van der Waals surface area contributed by atoms with Crippen molar-refractivity contribution in [3.8, 4) is 0 Å². The van der Waals surface area contributed by atoms with Gasteiger partial charge in [-0.3, -0.25) is 19.5 Å². The molecule has 2 saturated carbocycles. The number of aliphatic hydroxyl groups excluding tert-OH is 1. The van der Waals surface area contributed by atoms with Crippen molar-refractivity contribution in [1.29, 1.82) is 0 Å². The van der Waals surface area contributed by atoms with Gasteiger partial charge in [-0.2, -0.15) is 0 Å². The third-order valence-corrected chi connectivity index (χ3v) is 7.14. The van der Waals surface area contributed by atoms with Gasteiger partial charge in [-0.25, -0.2) is 0 Å². The molecule has 0 aromatic carbocycles. The molecule has 3 rings (SSSR count). The first-order valence-corrected chi connectivity index (χ1v) is 15.9. The first kappa shape index (κ1) is 41.3. The number of hydrogen-bond acceptors (Lipinski definition) is 7. The number of carbonyl (C=O) groups excluding carboxylic acids is 2. The Kier molecular flexibility index (Phi) is 26.6. The summed E-state index contributed by atoms with van der Waals surface area (Å²) in [4.78, 5) is 35.4. The number of carboxylic acid groups (broad SMARTS) is 1. The van der Waals surface area contributed by atoms with Crippen molar-refractivity contribution in [3.63, 3.8) is 0 Å². The summed E-state index contributed by atoms with van der Waals surface area (Å²) in [6.07, 6.45) is 22.7. The fraction of sp³-hybridized carbons (Fsp3) is 0.594. The smallest absolute Gasteiger partial charge is 0.307 e. The number of aliphatic carboxylic acids is 1. The fourth-order valence-electron chi connectivity index (χ4n) is 3.81. The molecule has 42 heavy (non-hydrogen) atoms. The molecule has 0 radical (unpaired) electrons. The summed E-state index contributed by atoms with van der Waals surface area (Å²) in [6.45, 7) is 14.1. The Hall–Kier alpha value is -2.82. The minimum Gasteiger partial charge on any atom is -0.481 e. The van der Waals surface area contributed by atoms with Gasteiger partial charge in [0.05, 0.1) is 12.5 Å². The molecule has 2 amide bonds. The molecule has 2 aliphatic carbocycles. The topological polar surface area (TPSA) is 159 Å². The van der Waals surface area contributed by atoms with Gasteiger partial charge in [-0.15, -0.1) is 0 Å². The Bertz CT molecular complexity index is 871. The van der Waals surface area contributed by atoms with Crippen molar-refractivity contribution < 1.29 is 24.6 Å². The molecule has 3 fully saturated rings. The Morgan fingerprint density at radius 3 is 2.21 bits per heavy atom. The number of rotatable bonds is 14. The van der Waals surface area contributed by atoms with Crippen LogP contribution in [0.1, 0.15) is 78.6 Å². The maximum atomic E-state index is 12.1. The number of aliphatic hydroxyl groups is 1. The van der Waals surface area contributed by atoms with Gasteiger partial charge >= 0.3 is 5.97 Å². The number of allylic oxidation sites excluding steroid dienone is 7. The molecular weight excluding hydrogens is 552 g/mol. The zero-order valence-corrected chi connectivity index (χ0v) is 27.0. The van der Waals surface area contributed by atoms with Gasteiger partial charge in [0, 0.05) is 24.6 Å². The van der Waals surface area contributed by atoms with Crippen LogP contribution in [0.15, 0.2) is 61.4 Å². The van der Waals surface area contributed by atoms with E-state index in [0.717, 1.165) is 37.3 Å². The van der Waals surface area contributed by atoms with E-state index in [1.165, 1.54) is 49.0 Å². The molecular formula is C32H56N4O5S. The maximum absolute atomic E-state index is 12.1. The minimum atomic E-state index is -0.636. The molecule has 0 spiro atoms. The predicted molar refractivity (Wildman–Crippen MR) is 176 cm³/mol. The Morgan fingerprint density at radius 1 is 1.10 bits per heavy atom. The standard InChI is InChI=1S/C15H21N3O2.C11H18O2.C3H7NS.C2H6.CH4O/c1-3-5-8-12(7-4-2)17-11-14(19)18-10-6-9-13(18)15(16)20;1-2-3-4-5-6-7-9-8-10(9)11(12)13;4-5-3-1-2-3;2*1-2/h3-5,7-8,13,17H,1-2,6,9-11H2,(H2,16,20);6-7,9-10H,2-5,8H2,1H3,(H,12,13);3H,1-2,4H2;1-2H3;2H,1H3/b8-5-,12-7+;7-6-;;;/t13-;9?,10-;;;/m00.../s1. The van der Waals surface area contributed by atoms with Crippen LogP contribution in [0.25, 0.3) is 0 Å². The normalized spacial score (nSPS) is 20.4. The third kappa shape index (κ3) is 20.1. The van der Waals surface area contributed by atoms with Crippen LogP contribution in [0.5, 0.6) is 0 Å². The highest BCUT2D eigenvalue weighted by atomic mass is 32.2. The van der Waals surface area contributed by atoms with E-state index in [1.807, 2.05) is 13.8 Å². The number of primary amides is 1. The number of nitrogens with one attached hydrogen (secondary N) is 1. The van der Waals surface area contributed by atoms with Crippen molar-refractivity contribution in [2.75, 3.05) is 20.2 Å². The molecule has 240 valence electrons. The minimum absolute atomic E-state index is 0.0811. The zero-order chi connectivity index (χ0) is 32.3. The fourth-order valence-corrected chi connectivity index (χ4v) is 4.22. The van der Waals surface area contributed by atoms with E-state index in [2.05, 4.69) is 37.6 Å². The molecule has 1 aliphatic heterocycles. The van der Waals surface area contributed by atoms with Gasteiger partial charge in [0.2, 0.25) is 11.8 Å². The summed E-state index contributed by atoms with van der Waals surface area (Å²) in [5, 5.41) is 24.6. The van der Waals surface area contributed by atoms with Crippen molar-refractivity contribution in [3.05, 3.63) is 61.4 Å². The number of amides is 2. The number of nitrogens with zero attached hydrogens (tertiary/aromatic N) is 1. The lowest BCUT2D eigenvalue weighted by Crippen LogP contribution is -2.46. The lowest BCUT2D eigenvalue weighted by molar-refractivity contribution is -0.138. The summed E-state index contributed by atoms with van der Waals surface area (Å²) >= 11 is 1.49. The summed E-state index contributed by atoms with van der Waals surface area (Å²) in [6, 6.07) is -0.472. The SMILES string of the molecule is C=C/C=C\C(=C/C=C)NCC(=O)N1CCC[C@H]1C(N)=O.CC.CCCCC/C=C\C1C[C@@H]1C(=O)O.CO.NSC1CC1. The van der Waals surface area contributed by atoms with E-state index < -0.39 is 17.9 Å². The van der Waals surface area contributed by atoms with Crippen molar-refractivity contribution >= 4 is 29.7 Å². The van der Waals surface area contributed by atoms with Gasteiger partial charge in [-0.1, -0.05) is 89.1 Å². The van der Waals surface area contributed by atoms with E-state index >= 15 is 0 Å². The zero-order valence-electron chi connectivity index (χ0n) is 26.2.